The van der Waals surface area contributed by atoms with Gasteiger partial charge >= 0.3 is 7.12 Å². The first kappa shape index (κ1) is 18.2. The zero-order valence-corrected chi connectivity index (χ0v) is 14.6. The van der Waals surface area contributed by atoms with Crippen molar-refractivity contribution in [1.29, 1.82) is 5.26 Å². The summed E-state index contributed by atoms with van der Waals surface area (Å²) in [7, 11) is -0.940. The molecule has 0 atom stereocenters. The lowest BCUT2D eigenvalue weighted by molar-refractivity contribution is 0.0542. The minimum absolute atomic E-state index is 0.119. The van der Waals surface area contributed by atoms with Crippen LogP contribution in [0.5, 0.6) is 17.4 Å². The Hall–Kier alpha value is -2.60. The van der Waals surface area contributed by atoms with Gasteiger partial charge in [0.25, 0.3) is 0 Å². The molecule has 2 heterocycles. The van der Waals surface area contributed by atoms with Crippen LogP contribution in [0.4, 0.5) is 0 Å². The Morgan fingerprint density at radius 2 is 2.15 bits per heavy atom. The molecule has 1 aliphatic heterocycles. The number of fused-ring (bicyclic) bond motifs is 1. The Morgan fingerprint density at radius 3 is 2.92 bits per heavy atom. The van der Waals surface area contributed by atoms with Crippen LogP contribution in [0.1, 0.15) is 25.0 Å². The van der Waals surface area contributed by atoms with Crippen molar-refractivity contribution in [3.63, 3.8) is 0 Å². The van der Waals surface area contributed by atoms with Crippen molar-refractivity contribution in [1.82, 2.24) is 4.98 Å². The molecule has 134 valence electrons. The largest absolute Gasteiger partial charge is 0.491 e. The molecule has 2 aromatic rings. The lowest BCUT2D eigenvalue weighted by Crippen LogP contribution is -2.27. The Labute approximate surface area is 152 Å². The maximum atomic E-state index is 9.77. The Morgan fingerprint density at radius 1 is 1.31 bits per heavy atom. The predicted molar refractivity (Wildman–Crippen MR) is 94.4 cm³/mol. The summed E-state index contributed by atoms with van der Waals surface area (Å²) in [6, 6.07) is 8.94. The van der Waals surface area contributed by atoms with Crippen LogP contribution in [0.3, 0.4) is 0 Å². The number of pyridine rings is 1. The molecule has 0 saturated heterocycles. The van der Waals surface area contributed by atoms with Crippen LogP contribution < -0.4 is 14.9 Å². The van der Waals surface area contributed by atoms with E-state index in [1.54, 1.807) is 18.2 Å². The monoisotopic (exact) mass is 354 g/mol. The fourth-order valence-corrected chi connectivity index (χ4v) is 2.50. The topological polar surface area (TPSA) is 93.8 Å². The molecule has 0 saturated carbocycles. The smallest absolute Gasteiger partial charge is 0.474 e. The summed E-state index contributed by atoms with van der Waals surface area (Å²) in [6.45, 7) is 4.98. The molecule has 3 rings (SSSR count). The SMILES string of the molecule is CC(C)OCCOc1ncc(Oc2ccc3c(c2)B(O)OC3)cc1C#N. The van der Waals surface area contributed by atoms with Crippen LogP contribution in [0, 0.1) is 11.3 Å². The van der Waals surface area contributed by atoms with E-state index in [2.05, 4.69) is 11.1 Å². The molecule has 0 spiro atoms. The van der Waals surface area contributed by atoms with Crippen LogP contribution in [-0.4, -0.2) is 36.4 Å². The van der Waals surface area contributed by atoms with Crippen molar-refractivity contribution in [3.05, 3.63) is 41.6 Å². The second-order valence-corrected chi connectivity index (χ2v) is 6.03. The van der Waals surface area contributed by atoms with Crippen LogP contribution in [0.25, 0.3) is 0 Å². The third kappa shape index (κ3) is 4.32. The lowest BCUT2D eigenvalue weighted by Gasteiger charge is -2.11. The fraction of sp³-hybridized carbons (Fsp3) is 0.333. The first-order chi connectivity index (χ1) is 12.6. The molecule has 0 amide bonds. The summed E-state index contributed by atoms with van der Waals surface area (Å²) in [5.41, 5.74) is 1.88. The highest BCUT2D eigenvalue weighted by molar-refractivity contribution is 6.61. The molecule has 0 unspecified atom stereocenters. The number of benzene rings is 1. The maximum absolute atomic E-state index is 9.77. The number of hydrogen-bond acceptors (Lipinski definition) is 7. The van der Waals surface area contributed by atoms with E-state index in [1.807, 2.05) is 19.9 Å². The van der Waals surface area contributed by atoms with Gasteiger partial charge in [0.1, 0.15) is 29.7 Å². The lowest BCUT2D eigenvalue weighted by atomic mass is 9.79. The van der Waals surface area contributed by atoms with Gasteiger partial charge in [0, 0.05) is 6.07 Å². The van der Waals surface area contributed by atoms with Gasteiger partial charge in [0.05, 0.1) is 25.5 Å². The standard InChI is InChI=1S/C18H19BN2O5/c1-12(2)23-5-6-24-18-14(9-20)7-16(10-21-18)26-15-4-3-13-11-25-19(22)17(13)8-15/h3-4,7-8,10,12,22H,5-6,11H2,1-2H3. The van der Waals surface area contributed by atoms with Gasteiger partial charge in [-0.3, -0.25) is 0 Å². The van der Waals surface area contributed by atoms with E-state index in [9.17, 15) is 10.3 Å². The minimum atomic E-state index is -0.940. The van der Waals surface area contributed by atoms with Gasteiger partial charge < -0.3 is 23.9 Å². The van der Waals surface area contributed by atoms with Crippen molar-refractivity contribution in [2.24, 2.45) is 0 Å². The molecule has 26 heavy (non-hydrogen) atoms. The molecule has 7 nitrogen and oxygen atoms in total. The van der Waals surface area contributed by atoms with Gasteiger partial charge in [-0.15, -0.1) is 0 Å². The number of aromatic nitrogens is 1. The fourth-order valence-electron chi connectivity index (χ4n) is 2.50. The van der Waals surface area contributed by atoms with E-state index < -0.39 is 7.12 Å². The Bertz CT molecular complexity index is 822. The summed E-state index contributed by atoms with van der Waals surface area (Å²) < 4.78 is 21.8. The highest BCUT2D eigenvalue weighted by Crippen LogP contribution is 2.26. The molecule has 1 aromatic heterocycles. The second kappa shape index (κ2) is 8.19. The molecule has 1 N–H and O–H groups in total. The second-order valence-electron chi connectivity index (χ2n) is 6.03. The summed E-state index contributed by atoms with van der Waals surface area (Å²) in [6.07, 6.45) is 1.61. The highest BCUT2D eigenvalue weighted by Gasteiger charge is 2.27. The molecule has 1 aromatic carbocycles. The molecule has 0 aliphatic carbocycles. The number of nitrogens with zero attached hydrogens (tertiary/aromatic N) is 2. The van der Waals surface area contributed by atoms with E-state index in [1.165, 1.54) is 6.20 Å². The van der Waals surface area contributed by atoms with Gasteiger partial charge in [0.2, 0.25) is 5.88 Å². The van der Waals surface area contributed by atoms with Gasteiger partial charge in [-0.05, 0) is 37.0 Å². The van der Waals surface area contributed by atoms with Gasteiger partial charge in [-0.1, -0.05) is 6.07 Å². The van der Waals surface area contributed by atoms with E-state index in [0.29, 0.717) is 36.8 Å². The molecular weight excluding hydrogens is 335 g/mol. The number of rotatable bonds is 7. The Kier molecular flexibility index (Phi) is 5.73. The summed E-state index contributed by atoms with van der Waals surface area (Å²) in [5.74, 6) is 1.17. The van der Waals surface area contributed by atoms with Gasteiger partial charge in [-0.2, -0.15) is 5.26 Å². The molecule has 0 radical (unpaired) electrons. The molecule has 1 aliphatic rings. The average Bonchev–Trinajstić information content (AvgIpc) is 3.00. The molecular formula is C18H19BN2O5. The van der Waals surface area contributed by atoms with Crippen LogP contribution in [0.2, 0.25) is 0 Å². The predicted octanol–water partition coefficient (Wildman–Crippen LogP) is 1.77. The normalized spacial score (nSPS) is 12.8. The zero-order valence-electron chi connectivity index (χ0n) is 14.6. The van der Waals surface area contributed by atoms with Crippen molar-refractivity contribution in [2.75, 3.05) is 13.2 Å². The first-order valence-electron chi connectivity index (χ1n) is 8.31. The first-order valence-corrected chi connectivity index (χ1v) is 8.31. The quantitative estimate of drug-likeness (QED) is 0.598. The van der Waals surface area contributed by atoms with Crippen LogP contribution in [-0.2, 0) is 16.0 Å². The van der Waals surface area contributed by atoms with Crippen LogP contribution >= 0.6 is 0 Å². The third-order valence-electron chi connectivity index (χ3n) is 3.74. The maximum Gasteiger partial charge on any atom is 0.491 e. The molecule has 0 bridgehead atoms. The molecule has 8 heteroatoms. The number of nitriles is 1. The average molecular weight is 354 g/mol. The van der Waals surface area contributed by atoms with Crippen molar-refractivity contribution >= 4 is 12.6 Å². The van der Waals surface area contributed by atoms with E-state index >= 15 is 0 Å². The van der Waals surface area contributed by atoms with Gasteiger partial charge in [-0.25, -0.2) is 4.98 Å². The third-order valence-corrected chi connectivity index (χ3v) is 3.74. The zero-order chi connectivity index (χ0) is 18.5. The van der Waals surface area contributed by atoms with Gasteiger partial charge in [0.15, 0.2) is 0 Å². The number of hydrogen-bond donors (Lipinski definition) is 1. The van der Waals surface area contributed by atoms with Crippen molar-refractivity contribution < 1.29 is 23.9 Å². The highest BCUT2D eigenvalue weighted by atomic mass is 16.5. The van der Waals surface area contributed by atoms with E-state index in [0.717, 1.165) is 5.56 Å². The summed E-state index contributed by atoms with van der Waals surface area (Å²) in [5, 5.41) is 19.1. The van der Waals surface area contributed by atoms with E-state index in [4.69, 9.17) is 18.9 Å². The van der Waals surface area contributed by atoms with Crippen LogP contribution in [0.15, 0.2) is 30.5 Å². The molecule has 0 fully saturated rings. The summed E-state index contributed by atoms with van der Waals surface area (Å²) in [4.78, 5) is 4.15. The van der Waals surface area contributed by atoms with Crippen molar-refractivity contribution in [3.8, 4) is 23.4 Å². The number of ether oxygens (including phenoxy) is 3. The van der Waals surface area contributed by atoms with Crippen molar-refractivity contribution in [2.45, 2.75) is 26.6 Å². The minimum Gasteiger partial charge on any atom is -0.474 e. The Balaban J connectivity index is 1.68. The van der Waals surface area contributed by atoms with E-state index in [-0.39, 0.29) is 17.5 Å². The summed E-state index contributed by atoms with van der Waals surface area (Å²) >= 11 is 0.